The van der Waals surface area contributed by atoms with Crippen LogP contribution in [0.1, 0.15) is 35.1 Å². The van der Waals surface area contributed by atoms with Crippen LogP contribution in [0.4, 0.5) is 0 Å². The minimum atomic E-state index is -0.978. The number of carboxylic acids is 1. The number of aromatic nitrogens is 1. The number of nitrogens with zero attached hydrogens (tertiary/aromatic N) is 1. The van der Waals surface area contributed by atoms with E-state index < -0.39 is 5.97 Å². The minimum absolute atomic E-state index is 0.337. The molecule has 2 N–H and O–H groups in total. The molecule has 0 fully saturated rings. The van der Waals surface area contributed by atoms with Gasteiger partial charge in [0.15, 0.2) is 6.61 Å². The normalized spacial score (nSPS) is 13.2. The quantitative estimate of drug-likeness (QED) is 0.273. The van der Waals surface area contributed by atoms with E-state index in [4.69, 9.17) is 14.7 Å². The van der Waals surface area contributed by atoms with Crippen LogP contribution in [0.3, 0.4) is 0 Å². The highest BCUT2D eigenvalue weighted by Crippen LogP contribution is 2.34. The molecular weight excluding hydrogens is 404 g/mol. The number of nitrogens with one attached hydrogen (secondary N) is 1. The average molecular weight is 431 g/mol. The van der Waals surface area contributed by atoms with Gasteiger partial charge in [0.2, 0.25) is 0 Å². The Hall–Kier alpha value is -3.80. The maximum atomic E-state index is 10.9. The molecule has 3 aromatic rings. The Kier molecular flexibility index (Phi) is 7.02. The third kappa shape index (κ3) is 5.46. The van der Waals surface area contributed by atoms with Gasteiger partial charge in [-0.3, -0.25) is 0 Å². The van der Waals surface area contributed by atoms with E-state index in [1.807, 2.05) is 60.9 Å². The van der Waals surface area contributed by atoms with Crippen LogP contribution in [-0.2, 0) is 22.5 Å². The molecule has 0 bridgehead atoms. The zero-order valence-corrected chi connectivity index (χ0v) is 17.8. The number of hydrogen-bond donors (Lipinski definition) is 2. The highest BCUT2D eigenvalue weighted by Gasteiger charge is 2.17. The lowest BCUT2D eigenvalue weighted by atomic mass is 9.89. The number of carboxylic acid groups (broad SMARTS) is 1. The molecular formula is C26H26N2O4. The number of ether oxygens (including phenoxy) is 1. The van der Waals surface area contributed by atoms with E-state index in [9.17, 15) is 4.79 Å². The van der Waals surface area contributed by atoms with Gasteiger partial charge in [0.25, 0.3) is 0 Å². The number of rotatable bonds is 10. The van der Waals surface area contributed by atoms with Crippen molar-refractivity contribution in [3.8, 4) is 5.75 Å². The third-order valence-corrected chi connectivity index (χ3v) is 5.39. The molecule has 0 saturated heterocycles. The lowest BCUT2D eigenvalue weighted by Crippen LogP contribution is -2.12. The van der Waals surface area contributed by atoms with E-state index >= 15 is 0 Å². The van der Waals surface area contributed by atoms with Crippen molar-refractivity contribution in [1.29, 1.82) is 0 Å². The van der Waals surface area contributed by atoms with Crippen LogP contribution in [0.15, 0.2) is 78.2 Å². The molecule has 6 nitrogen and oxygen atoms in total. The molecule has 0 aliphatic heterocycles. The fourth-order valence-electron chi connectivity index (χ4n) is 3.89. The standard InChI is InChI=1S/C26H26N2O4/c29-26(30)18-31-25-11-5-9-22-20(8-4-10-23(22)25)13-15-32-28-24(16-19-12-14-27-17-19)21-6-2-1-3-7-21/h1-3,5-9,11-12,14,17,27H,4,10,13,15-16,18H2,(H,29,30). The van der Waals surface area contributed by atoms with Crippen molar-refractivity contribution in [1.82, 2.24) is 4.98 Å². The number of oxime groups is 1. The zero-order chi connectivity index (χ0) is 22.2. The number of hydrogen-bond acceptors (Lipinski definition) is 4. The van der Waals surface area contributed by atoms with Crippen LogP contribution in [0.2, 0.25) is 0 Å². The van der Waals surface area contributed by atoms with Gasteiger partial charge in [-0.15, -0.1) is 0 Å². The minimum Gasteiger partial charge on any atom is -0.482 e. The maximum Gasteiger partial charge on any atom is 0.341 e. The second-order valence-corrected chi connectivity index (χ2v) is 7.62. The van der Waals surface area contributed by atoms with Gasteiger partial charge in [-0.25, -0.2) is 4.79 Å². The van der Waals surface area contributed by atoms with Crippen LogP contribution in [0.25, 0.3) is 5.57 Å². The largest absolute Gasteiger partial charge is 0.482 e. The summed E-state index contributed by atoms with van der Waals surface area (Å²) in [7, 11) is 0. The fourth-order valence-corrected chi connectivity index (χ4v) is 3.89. The van der Waals surface area contributed by atoms with E-state index in [0.29, 0.717) is 25.2 Å². The van der Waals surface area contributed by atoms with Gasteiger partial charge in [0, 0.05) is 30.8 Å². The molecule has 0 saturated carbocycles. The topological polar surface area (TPSA) is 83.9 Å². The van der Waals surface area contributed by atoms with E-state index in [2.05, 4.69) is 22.3 Å². The molecule has 1 heterocycles. The summed E-state index contributed by atoms with van der Waals surface area (Å²) in [6.07, 6.45) is 9.21. The van der Waals surface area contributed by atoms with Crippen LogP contribution < -0.4 is 4.74 Å². The monoisotopic (exact) mass is 430 g/mol. The highest BCUT2D eigenvalue weighted by atomic mass is 16.6. The van der Waals surface area contributed by atoms with Gasteiger partial charge in [-0.05, 0) is 47.2 Å². The summed E-state index contributed by atoms with van der Waals surface area (Å²) in [6.45, 7) is 0.117. The molecule has 32 heavy (non-hydrogen) atoms. The molecule has 0 atom stereocenters. The second kappa shape index (κ2) is 10.5. The van der Waals surface area contributed by atoms with Crippen LogP contribution in [-0.4, -0.2) is 35.0 Å². The van der Waals surface area contributed by atoms with Crippen molar-refractivity contribution < 1.29 is 19.5 Å². The lowest BCUT2D eigenvalue weighted by Gasteiger charge is -2.20. The van der Waals surface area contributed by atoms with E-state index in [1.165, 1.54) is 5.57 Å². The molecule has 0 spiro atoms. The fraction of sp³-hybridized carbons (Fsp3) is 0.231. The molecule has 2 aromatic carbocycles. The smallest absolute Gasteiger partial charge is 0.341 e. The number of benzene rings is 2. The Bertz CT molecular complexity index is 1100. The SMILES string of the molecule is O=C(O)COc1cccc2c1CCC=C2CCON=C(Cc1cc[nH]c1)c1ccccc1. The van der Waals surface area contributed by atoms with Crippen molar-refractivity contribution in [3.05, 3.63) is 95.3 Å². The Labute approximate surface area is 187 Å². The molecule has 0 unspecified atom stereocenters. The number of fused-ring (bicyclic) bond motifs is 1. The first-order valence-electron chi connectivity index (χ1n) is 10.7. The zero-order valence-electron chi connectivity index (χ0n) is 17.8. The number of allylic oxidation sites excluding steroid dienone is 1. The summed E-state index contributed by atoms with van der Waals surface area (Å²) in [5.41, 5.74) is 6.40. The third-order valence-electron chi connectivity index (χ3n) is 5.39. The Balaban J connectivity index is 1.42. The molecule has 0 radical (unpaired) electrons. The van der Waals surface area contributed by atoms with E-state index in [-0.39, 0.29) is 6.61 Å². The molecule has 164 valence electrons. The molecule has 1 aliphatic rings. The Morgan fingerprint density at radius 3 is 2.75 bits per heavy atom. The summed E-state index contributed by atoms with van der Waals surface area (Å²) < 4.78 is 5.49. The molecule has 4 rings (SSSR count). The average Bonchev–Trinajstić information content (AvgIpc) is 3.33. The van der Waals surface area contributed by atoms with Gasteiger partial charge in [-0.2, -0.15) is 0 Å². The van der Waals surface area contributed by atoms with Crippen LogP contribution >= 0.6 is 0 Å². The van der Waals surface area contributed by atoms with E-state index in [1.54, 1.807) is 0 Å². The first-order valence-corrected chi connectivity index (χ1v) is 10.7. The van der Waals surface area contributed by atoms with Crippen molar-refractivity contribution in [2.75, 3.05) is 13.2 Å². The number of carbonyl (C=O) groups is 1. The number of H-pyrrole nitrogens is 1. The summed E-state index contributed by atoms with van der Waals surface area (Å²) in [5.74, 6) is -0.332. The Morgan fingerprint density at radius 1 is 1.09 bits per heavy atom. The summed E-state index contributed by atoms with van der Waals surface area (Å²) >= 11 is 0. The van der Waals surface area contributed by atoms with Gasteiger partial charge >= 0.3 is 5.97 Å². The molecule has 0 amide bonds. The predicted octanol–water partition coefficient (Wildman–Crippen LogP) is 4.86. The van der Waals surface area contributed by atoms with Crippen molar-refractivity contribution in [3.63, 3.8) is 0 Å². The molecule has 6 heteroatoms. The first-order chi connectivity index (χ1) is 15.7. The number of aliphatic carboxylic acids is 1. The van der Waals surface area contributed by atoms with Gasteiger partial charge < -0.3 is 19.7 Å². The van der Waals surface area contributed by atoms with Gasteiger partial charge in [0.1, 0.15) is 12.4 Å². The van der Waals surface area contributed by atoms with Crippen molar-refractivity contribution in [2.45, 2.75) is 25.7 Å². The summed E-state index contributed by atoms with van der Waals surface area (Å²) in [4.78, 5) is 19.7. The second-order valence-electron chi connectivity index (χ2n) is 7.62. The number of aromatic amines is 1. The highest BCUT2D eigenvalue weighted by molar-refractivity contribution is 6.01. The summed E-state index contributed by atoms with van der Waals surface area (Å²) in [6, 6.07) is 17.9. The van der Waals surface area contributed by atoms with Gasteiger partial charge in [-0.1, -0.05) is 53.7 Å². The Morgan fingerprint density at radius 2 is 1.97 bits per heavy atom. The van der Waals surface area contributed by atoms with Crippen LogP contribution in [0, 0.1) is 0 Å². The van der Waals surface area contributed by atoms with Crippen LogP contribution in [0.5, 0.6) is 5.75 Å². The predicted molar refractivity (Wildman–Crippen MR) is 124 cm³/mol. The lowest BCUT2D eigenvalue weighted by molar-refractivity contribution is -0.139. The van der Waals surface area contributed by atoms with Gasteiger partial charge in [0.05, 0.1) is 5.71 Å². The van der Waals surface area contributed by atoms with E-state index in [0.717, 1.165) is 40.8 Å². The van der Waals surface area contributed by atoms with Crippen molar-refractivity contribution in [2.24, 2.45) is 5.16 Å². The molecule has 1 aromatic heterocycles. The molecule has 1 aliphatic carbocycles. The first kappa shape index (κ1) is 21.4. The van der Waals surface area contributed by atoms with Crippen molar-refractivity contribution >= 4 is 17.3 Å². The maximum absolute atomic E-state index is 10.9. The summed E-state index contributed by atoms with van der Waals surface area (Å²) in [5, 5.41) is 13.4.